The van der Waals surface area contributed by atoms with E-state index in [9.17, 15) is 48.6 Å². The number of fused-ring (bicyclic) bond motifs is 2. The maximum atomic E-state index is 15.4. The molecular formula is C48H54F2N6O12. The Morgan fingerprint density at radius 3 is 1.22 bits per heavy atom. The van der Waals surface area contributed by atoms with Gasteiger partial charge in [-0.15, -0.1) is 0 Å². The highest BCUT2D eigenvalue weighted by Gasteiger charge is 2.31. The van der Waals surface area contributed by atoms with E-state index in [1.165, 1.54) is 12.4 Å². The van der Waals surface area contributed by atoms with Crippen LogP contribution in [0.15, 0.2) is 46.2 Å². The van der Waals surface area contributed by atoms with Crippen LogP contribution in [0, 0.1) is 11.6 Å². The smallest absolute Gasteiger partial charge is 0.341 e. The fourth-order valence-corrected chi connectivity index (χ4v) is 9.07. The molecule has 2 aliphatic carbocycles. The number of amides is 2. The molecule has 20 heteroatoms. The fraction of sp³-hybridized carbons (Fsp3) is 0.500. The third-order valence-corrected chi connectivity index (χ3v) is 13.2. The summed E-state index contributed by atoms with van der Waals surface area (Å²) < 4.78 is 44.6. The van der Waals surface area contributed by atoms with E-state index in [1.807, 2.05) is 0 Å². The SMILES string of the molecule is O=C(CCCCCCCCC(=O)OCC(=O)N1CCN(c2cc3c(cc2F)c(=O)c(C(=O)O)cn3C2CC2)CC1)OCC(=O)N1CCN(c2cc3c(cc2F)c(=O)c(C(=O)O)cn3C2CC2)CC1. The van der Waals surface area contributed by atoms with Crippen molar-refractivity contribution in [2.75, 3.05) is 75.4 Å². The number of aromatic carboxylic acids is 2. The van der Waals surface area contributed by atoms with Crippen LogP contribution >= 0.6 is 0 Å². The van der Waals surface area contributed by atoms with E-state index in [-0.39, 0.29) is 85.1 Å². The summed E-state index contributed by atoms with van der Waals surface area (Å²) in [6.45, 7) is 1.48. The molecule has 362 valence electrons. The molecule has 4 fully saturated rings. The van der Waals surface area contributed by atoms with E-state index in [0.29, 0.717) is 50.1 Å². The van der Waals surface area contributed by atoms with Gasteiger partial charge in [0.2, 0.25) is 10.9 Å². The predicted molar refractivity (Wildman–Crippen MR) is 243 cm³/mol. The lowest BCUT2D eigenvalue weighted by Gasteiger charge is -2.36. The molecule has 2 N–H and O–H groups in total. The summed E-state index contributed by atoms with van der Waals surface area (Å²) in [7, 11) is 0. The van der Waals surface area contributed by atoms with Gasteiger partial charge in [0, 0.05) is 100 Å². The van der Waals surface area contributed by atoms with Gasteiger partial charge in [0.15, 0.2) is 13.2 Å². The summed E-state index contributed by atoms with van der Waals surface area (Å²) in [4.78, 5) is 106. The number of anilines is 2. The van der Waals surface area contributed by atoms with Gasteiger partial charge in [-0.1, -0.05) is 25.7 Å². The third kappa shape index (κ3) is 10.8. The van der Waals surface area contributed by atoms with E-state index < -0.39 is 70.7 Å². The fourth-order valence-electron chi connectivity index (χ4n) is 9.07. The molecule has 4 aromatic rings. The number of unbranched alkanes of at least 4 members (excludes halogenated alkanes) is 5. The average Bonchev–Trinajstić information content (AvgIpc) is 4.27. The van der Waals surface area contributed by atoms with Crippen molar-refractivity contribution in [2.24, 2.45) is 0 Å². The quantitative estimate of drug-likeness (QED) is 0.0948. The van der Waals surface area contributed by atoms with Crippen LogP contribution in [0.2, 0.25) is 0 Å². The van der Waals surface area contributed by atoms with Gasteiger partial charge in [-0.25, -0.2) is 18.4 Å². The van der Waals surface area contributed by atoms with Crippen molar-refractivity contribution in [3.05, 3.63) is 79.9 Å². The Morgan fingerprint density at radius 1 is 0.529 bits per heavy atom. The second-order valence-corrected chi connectivity index (χ2v) is 18.0. The molecule has 2 aromatic heterocycles. The number of carboxylic acid groups (broad SMARTS) is 2. The average molecular weight is 945 g/mol. The molecule has 68 heavy (non-hydrogen) atoms. The third-order valence-electron chi connectivity index (χ3n) is 13.2. The van der Waals surface area contributed by atoms with Crippen molar-refractivity contribution >= 4 is 68.9 Å². The monoisotopic (exact) mass is 944 g/mol. The Labute approximate surface area is 388 Å². The molecule has 0 bridgehead atoms. The molecule has 0 atom stereocenters. The number of carboxylic acids is 2. The van der Waals surface area contributed by atoms with Crippen molar-refractivity contribution < 1.29 is 57.2 Å². The second-order valence-electron chi connectivity index (χ2n) is 18.0. The number of carbonyl (C=O) groups is 6. The first-order chi connectivity index (χ1) is 32.7. The van der Waals surface area contributed by atoms with Gasteiger partial charge in [0.05, 0.1) is 22.4 Å². The van der Waals surface area contributed by atoms with Crippen LogP contribution in [-0.2, 0) is 28.7 Å². The molecule has 8 rings (SSSR count). The lowest BCUT2D eigenvalue weighted by Crippen LogP contribution is -2.50. The first-order valence-corrected chi connectivity index (χ1v) is 23.3. The van der Waals surface area contributed by atoms with Crippen LogP contribution in [0.4, 0.5) is 20.2 Å². The number of rotatable bonds is 19. The molecule has 0 unspecified atom stereocenters. The van der Waals surface area contributed by atoms with Gasteiger partial charge in [0.1, 0.15) is 22.8 Å². The van der Waals surface area contributed by atoms with E-state index in [4.69, 9.17) is 9.47 Å². The predicted octanol–water partition coefficient (Wildman–Crippen LogP) is 4.87. The summed E-state index contributed by atoms with van der Waals surface area (Å²) in [6.07, 6.45) is 10.6. The number of esters is 2. The van der Waals surface area contributed by atoms with Gasteiger partial charge < -0.3 is 48.4 Å². The van der Waals surface area contributed by atoms with Crippen molar-refractivity contribution in [1.82, 2.24) is 18.9 Å². The lowest BCUT2D eigenvalue weighted by molar-refractivity contribution is -0.152. The van der Waals surface area contributed by atoms with Crippen molar-refractivity contribution in [1.29, 1.82) is 0 Å². The summed E-state index contributed by atoms with van der Waals surface area (Å²) in [5.41, 5.74) is -0.824. The molecule has 4 aliphatic rings. The Morgan fingerprint density at radius 2 is 0.882 bits per heavy atom. The molecule has 4 heterocycles. The maximum Gasteiger partial charge on any atom is 0.341 e. The number of halogens is 2. The highest BCUT2D eigenvalue weighted by Crippen LogP contribution is 2.39. The number of hydrogen-bond donors (Lipinski definition) is 2. The number of piperazine rings is 2. The number of hydrogen-bond acceptors (Lipinski definition) is 12. The highest BCUT2D eigenvalue weighted by molar-refractivity contribution is 5.95. The molecule has 2 aromatic carbocycles. The van der Waals surface area contributed by atoms with Crippen LogP contribution in [0.25, 0.3) is 21.8 Å². The molecule has 2 aliphatic heterocycles. The summed E-state index contributed by atoms with van der Waals surface area (Å²) in [5, 5.41) is 19.0. The largest absolute Gasteiger partial charge is 0.477 e. The summed E-state index contributed by atoms with van der Waals surface area (Å²) in [5.74, 6) is -5.73. The van der Waals surface area contributed by atoms with Gasteiger partial charge in [0.25, 0.3) is 11.8 Å². The molecule has 2 saturated heterocycles. The molecule has 2 amide bonds. The van der Waals surface area contributed by atoms with Crippen LogP contribution in [0.1, 0.15) is 110 Å². The van der Waals surface area contributed by atoms with Crippen molar-refractivity contribution in [3.63, 3.8) is 0 Å². The minimum absolute atomic E-state index is 0.00939. The van der Waals surface area contributed by atoms with Gasteiger partial charge >= 0.3 is 23.9 Å². The van der Waals surface area contributed by atoms with E-state index in [0.717, 1.165) is 63.5 Å². The van der Waals surface area contributed by atoms with Gasteiger partial charge in [-0.3, -0.25) is 28.8 Å². The Kier molecular flexibility index (Phi) is 14.4. The molecular weight excluding hydrogens is 891 g/mol. The zero-order valence-electron chi connectivity index (χ0n) is 37.6. The van der Waals surface area contributed by atoms with Crippen LogP contribution < -0.4 is 20.7 Å². The highest BCUT2D eigenvalue weighted by atomic mass is 19.1. The second kappa shape index (κ2) is 20.6. The van der Waals surface area contributed by atoms with E-state index >= 15 is 8.78 Å². The first kappa shape index (κ1) is 47.6. The topological polar surface area (TPSA) is 218 Å². The zero-order valence-corrected chi connectivity index (χ0v) is 37.6. The first-order valence-electron chi connectivity index (χ1n) is 23.3. The van der Waals surface area contributed by atoms with Gasteiger partial charge in [-0.2, -0.15) is 0 Å². The number of nitrogens with zero attached hydrogens (tertiary/aromatic N) is 6. The Balaban J connectivity index is 0.670. The minimum Gasteiger partial charge on any atom is -0.477 e. The maximum absolute atomic E-state index is 15.4. The lowest BCUT2D eigenvalue weighted by atomic mass is 10.1. The Bertz CT molecular complexity index is 2580. The number of aromatic nitrogens is 2. The number of pyridine rings is 2. The van der Waals surface area contributed by atoms with E-state index in [1.54, 1.807) is 40.9 Å². The van der Waals surface area contributed by atoms with E-state index in [2.05, 4.69) is 0 Å². The van der Waals surface area contributed by atoms with Crippen LogP contribution in [0.3, 0.4) is 0 Å². The van der Waals surface area contributed by atoms with Crippen molar-refractivity contribution in [2.45, 2.75) is 89.1 Å². The standard InChI is InChI=1S/C48H54F2N6O12/c49-35-21-31-37(55(29-9-10-29)25-33(45(31)61)47(63)64)23-39(35)51-13-17-53(18-14-51)41(57)27-67-43(59)7-5-3-1-2-4-6-8-44(60)68-28-42(58)54-19-15-52(16-20-54)40-24-38-32(22-36(40)50)46(62)34(48(65)66)26-56(38)30-11-12-30/h21-26,29-30H,1-20,27-28H2,(H,63,64)(H,65,66). The van der Waals surface area contributed by atoms with Crippen molar-refractivity contribution in [3.8, 4) is 0 Å². The number of ether oxygens (including phenoxy) is 2. The minimum atomic E-state index is -1.36. The zero-order chi connectivity index (χ0) is 48.2. The van der Waals surface area contributed by atoms with Crippen LogP contribution in [-0.4, -0.2) is 130 Å². The number of benzene rings is 2. The molecule has 0 spiro atoms. The number of carbonyl (C=O) groups excluding carboxylic acids is 4. The van der Waals surface area contributed by atoms with Crippen LogP contribution in [0.5, 0.6) is 0 Å². The molecule has 18 nitrogen and oxygen atoms in total. The Hall–Kier alpha value is -6.86. The normalized spacial score (nSPS) is 16.3. The molecule has 2 saturated carbocycles. The van der Waals surface area contributed by atoms with Gasteiger partial charge in [-0.05, 0) is 62.8 Å². The summed E-state index contributed by atoms with van der Waals surface area (Å²) >= 11 is 0. The molecule has 0 radical (unpaired) electrons. The summed E-state index contributed by atoms with van der Waals surface area (Å²) in [6, 6.07) is 5.42.